The maximum atomic E-state index is 12.9. The molecule has 0 aromatic heterocycles. The van der Waals surface area contributed by atoms with Crippen LogP contribution in [0.3, 0.4) is 0 Å². The molecule has 2 amide bonds. The first kappa shape index (κ1) is 18.7. The zero-order valence-corrected chi connectivity index (χ0v) is 15.4. The molecule has 0 bridgehead atoms. The highest BCUT2D eigenvalue weighted by Crippen LogP contribution is 2.26. The maximum absolute atomic E-state index is 12.9. The van der Waals surface area contributed by atoms with E-state index in [0.717, 1.165) is 12.0 Å². The van der Waals surface area contributed by atoms with Crippen LogP contribution in [0.4, 0.5) is 4.39 Å². The van der Waals surface area contributed by atoms with E-state index in [1.165, 1.54) is 23.1 Å². The average Bonchev–Trinajstić information content (AvgIpc) is 3.12. The van der Waals surface area contributed by atoms with Gasteiger partial charge in [0.15, 0.2) is 0 Å². The summed E-state index contributed by atoms with van der Waals surface area (Å²) in [5.41, 5.74) is 1.07. The minimum Gasteiger partial charge on any atom is -0.350 e. The minimum atomic E-state index is -0.557. The molecule has 0 saturated carbocycles. The first-order valence-corrected chi connectivity index (χ1v) is 8.99. The van der Waals surface area contributed by atoms with Gasteiger partial charge in [-0.3, -0.25) is 9.59 Å². The molecular weight excluding hydrogens is 378 g/mol. The Balaban J connectivity index is 1.68. The van der Waals surface area contributed by atoms with Crippen molar-refractivity contribution in [3.05, 3.63) is 69.5 Å². The summed E-state index contributed by atoms with van der Waals surface area (Å²) < 4.78 is 12.9. The van der Waals surface area contributed by atoms with Crippen LogP contribution in [-0.4, -0.2) is 29.3 Å². The van der Waals surface area contributed by atoms with Gasteiger partial charge in [-0.15, -0.1) is 0 Å². The lowest BCUT2D eigenvalue weighted by Crippen LogP contribution is -2.45. The summed E-state index contributed by atoms with van der Waals surface area (Å²) in [7, 11) is 0. The molecule has 1 aliphatic rings. The van der Waals surface area contributed by atoms with Crippen molar-refractivity contribution in [1.29, 1.82) is 0 Å². The number of carbonyl (C=O) groups is 2. The lowest BCUT2D eigenvalue weighted by atomic mass is 10.1. The van der Waals surface area contributed by atoms with Crippen LogP contribution >= 0.6 is 23.2 Å². The average molecular weight is 395 g/mol. The first-order chi connectivity index (χ1) is 12.5. The highest BCUT2D eigenvalue weighted by molar-refractivity contribution is 6.35. The molecule has 1 atom stereocenters. The Morgan fingerprint density at radius 3 is 2.62 bits per heavy atom. The number of halogens is 3. The van der Waals surface area contributed by atoms with Gasteiger partial charge in [0.05, 0.1) is 10.6 Å². The fraction of sp³-hybridized carbons (Fsp3) is 0.263. The third-order valence-electron chi connectivity index (χ3n) is 4.36. The van der Waals surface area contributed by atoms with Gasteiger partial charge < -0.3 is 10.2 Å². The van der Waals surface area contributed by atoms with E-state index in [1.807, 2.05) is 0 Å². The fourth-order valence-electron chi connectivity index (χ4n) is 3.01. The van der Waals surface area contributed by atoms with Crippen molar-refractivity contribution in [2.24, 2.45) is 0 Å². The van der Waals surface area contributed by atoms with E-state index in [-0.39, 0.29) is 29.7 Å². The molecule has 1 fully saturated rings. The number of rotatable bonds is 4. The van der Waals surface area contributed by atoms with E-state index in [4.69, 9.17) is 23.2 Å². The second-order valence-electron chi connectivity index (χ2n) is 6.13. The largest absolute Gasteiger partial charge is 0.350 e. The molecule has 3 rings (SSSR count). The van der Waals surface area contributed by atoms with Crippen molar-refractivity contribution in [3.63, 3.8) is 0 Å². The van der Waals surface area contributed by atoms with E-state index in [2.05, 4.69) is 5.32 Å². The predicted octanol–water partition coefficient (Wildman–Crippen LogP) is 4.05. The van der Waals surface area contributed by atoms with E-state index in [9.17, 15) is 14.0 Å². The summed E-state index contributed by atoms with van der Waals surface area (Å²) in [6.45, 7) is 0.756. The Morgan fingerprint density at radius 2 is 1.88 bits per heavy atom. The van der Waals surface area contributed by atoms with Crippen LogP contribution < -0.4 is 5.32 Å². The number of nitrogens with zero attached hydrogens (tertiary/aromatic N) is 1. The molecule has 1 aliphatic heterocycles. The van der Waals surface area contributed by atoms with Crippen LogP contribution in [0, 0.1) is 5.82 Å². The molecule has 0 radical (unpaired) electrons. The van der Waals surface area contributed by atoms with Crippen LogP contribution in [0.25, 0.3) is 0 Å². The van der Waals surface area contributed by atoms with Gasteiger partial charge in [-0.1, -0.05) is 35.3 Å². The number of hydrogen-bond acceptors (Lipinski definition) is 2. The minimum absolute atomic E-state index is 0.238. The Bertz CT molecular complexity index is 827. The van der Waals surface area contributed by atoms with Crippen LogP contribution in [0.2, 0.25) is 10.0 Å². The standard InChI is InChI=1S/C19H17Cl2FN2O2/c20-13-5-8-16(21)15(10-13)19(26)24-9-1-2-17(24)18(25)23-11-12-3-6-14(22)7-4-12/h3-8,10,17H,1-2,9,11H2,(H,23,25)/t17-/m1/s1. The number of hydrogen-bond donors (Lipinski definition) is 1. The molecular formula is C19H17Cl2FN2O2. The highest BCUT2D eigenvalue weighted by atomic mass is 35.5. The van der Waals surface area contributed by atoms with Gasteiger partial charge in [0, 0.05) is 18.1 Å². The van der Waals surface area contributed by atoms with Crippen LogP contribution in [0.5, 0.6) is 0 Å². The van der Waals surface area contributed by atoms with E-state index < -0.39 is 6.04 Å². The smallest absolute Gasteiger partial charge is 0.256 e. The third kappa shape index (κ3) is 4.17. The Kier molecular flexibility index (Phi) is 5.79. The van der Waals surface area contributed by atoms with Crippen molar-refractivity contribution in [2.45, 2.75) is 25.4 Å². The van der Waals surface area contributed by atoms with Gasteiger partial charge >= 0.3 is 0 Å². The quantitative estimate of drug-likeness (QED) is 0.849. The van der Waals surface area contributed by atoms with Crippen LogP contribution in [0.1, 0.15) is 28.8 Å². The summed E-state index contributed by atoms with van der Waals surface area (Å²) in [5.74, 6) is -0.874. The van der Waals surface area contributed by atoms with Gasteiger partial charge in [-0.25, -0.2) is 4.39 Å². The SMILES string of the molecule is O=C(NCc1ccc(F)cc1)[C@H]1CCCN1C(=O)c1cc(Cl)ccc1Cl. The second kappa shape index (κ2) is 8.06. The molecule has 4 nitrogen and oxygen atoms in total. The first-order valence-electron chi connectivity index (χ1n) is 8.24. The Hall–Kier alpha value is -2.11. The molecule has 2 aromatic carbocycles. The molecule has 0 unspecified atom stereocenters. The highest BCUT2D eigenvalue weighted by Gasteiger charge is 2.35. The van der Waals surface area contributed by atoms with Crippen molar-refractivity contribution in [1.82, 2.24) is 10.2 Å². The molecule has 26 heavy (non-hydrogen) atoms. The number of benzene rings is 2. The maximum Gasteiger partial charge on any atom is 0.256 e. The fourth-order valence-corrected chi connectivity index (χ4v) is 3.38. The van der Waals surface area contributed by atoms with E-state index in [1.54, 1.807) is 24.3 Å². The van der Waals surface area contributed by atoms with Crippen molar-refractivity contribution in [3.8, 4) is 0 Å². The Morgan fingerprint density at radius 1 is 1.15 bits per heavy atom. The van der Waals surface area contributed by atoms with E-state index in [0.29, 0.717) is 23.0 Å². The number of likely N-dealkylation sites (tertiary alicyclic amines) is 1. The summed E-state index contributed by atoms with van der Waals surface area (Å²) >= 11 is 12.1. The van der Waals surface area contributed by atoms with Crippen LogP contribution in [-0.2, 0) is 11.3 Å². The summed E-state index contributed by atoms with van der Waals surface area (Å²) in [4.78, 5) is 26.9. The molecule has 1 heterocycles. The van der Waals surface area contributed by atoms with E-state index >= 15 is 0 Å². The molecule has 1 saturated heterocycles. The summed E-state index contributed by atoms with van der Waals surface area (Å²) in [5, 5.41) is 3.52. The van der Waals surface area contributed by atoms with Crippen molar-refractivity contribution >= 4 is 35.0 Å². The number of amides is 2. The predicted molar refractivity (Wildman–Crippen MR) is 98.8 cm³/mol. The van der Waals surface area contributed by atoms with Crippen molar-refractivity contribution in [2.75, 3.05) is 6.54 Å². The third-order valence-corrected chi connectivity index (χ3v) is 4.92. The molecule has 2 aromatic rings. The molecule has 136 valence electrons. The normalized spacial score (nSPS) is 16.6. The summed E-state index contributed by atoms with van der Waals surface area (Å²) in [6, 6.07) is 10.0. The summed E-state index contributed by atoms with van der Waals surface area (Å²) in [6.07, 6.45) is 1.32. The van der Waals surface area contributed by atoms with Gasteiger partial charge in [0.25, 0.3) is 5.91 Å². The van der Waals surface area contributed by atoms with Crippen LogP contribution in [0.15, 0.2) is 42.5 Å². The van der Waals surface area contributed by atoms with Gasteiger partial charge in [-0.05, 0) is 48.7 Å². The second-order valence-corrected chi connectivity index (χ2v) is 6.97. The molecule has 7 heteroatoms. The zero-order chi connectivity index (χ0) is 18.7. The Labute approximate surface area is 160 Å². The lowest BCUT2D eigenvalue weighted by Gasteiger charge is -2.24. The van der Waals surface area contributed by atoms with Gasteiger partial charge in [0.1, 0.15) is 11.9 Å². The van der Waals surface area contributed by atoms with Gasteiger partial charge in [0.2, 0.25) is 5.91 Å². The molecule has 0 spiro atoms. The lowest BCUT2D eigenvalue weighted by molar-refractivity contribution is -0.125. The monoisotopic (exact) mass is 394 g/mol. The number of nitrogens with one attached hydrogen (secondary N) is 1. The molecule has 0 aliphatic carbocycles. The van der Waals surface area contributed by atoms with Gasteiger partial charge in [-0.2, -0.15) is 0 Å². The zero-order valence-electron chi connectivity index (χ0n) is 13.8. The van der Waals surface area contributed by atoms with Crippen molar-refractivity contribution < 1.29 is 14.0 Å². The topological polar surface area (TPSA) is 49.4 Å². The molecule has 1 N–H and O–H groups in total. The number of carbonyl (C=O) groups excluding carboxylic acids is 2.